The average molecular weight is 577 g/mol. The number of guanidine groups is 1. The van der Waals surface area contributed by atoms with Crippen LogP contribution in [0.2, 0.25) is 0 Å². The van der Waals surface area contributed by atoms with Gasteiger partial charge in [0.25, 0.3) is 0 Å². The highest BCUT2D eigenvalue weighted by Gasteiger charge is 2.30. The van der Waals surface area contributed by atoms with Crippen LogP contribution in [0.25, 0.3) is 0 Å². The van der Waals surface area contributed by atoms with E-state index in [-0.39, 0.29) is 24.0 Å². The minimum absolute atomic E-state index is 0. The highest BCUT2D eigenvalue weighted by molar-refractivity contribution is 14.0. The van der Waals surface area contributed by atoms with E-state index < -0.39 is 27.3 Å². The summed E-state index contributed by atoms with van der Waals surface area (Å²) in [5.41, 5.74) is -0.472. The van der Waals surface area contributed by atoms with E-state index in [0.29, 0.717) is 32.1 Å². The lowest BCUT2D eigenvalue weighted by Gasteiger charge is -2.37. The molecule has 2 rings (SSSR count). The Kier molecular flexibility index (Phi) is 10.0. The molecule has 0 radical (unpaired) electrons. The van der Waals surface area contributed by atoms with Gasteiger partial charge in [-0.15, -0.1) is 24.0 Å². The number of benzene rings is 1. The van der Waals surface area contributed by atoms with Crippen LogP contribution >= 0.6 is 24.0 Å². The fraction of sp³-hybridized carbons (Fsp3) is 0.632. The molecule has 1 aromatic carbocycles. The highest BCUT2D eigenvalue weighted by atomic mass is 127. The molecule has 0 spiro atoms. The summed E-state index contributed by atoms with van der Waals surface area (Å²) in [6.07, 6.45) is -3.20. The molecule has 1 saturated heterocycles. The summed E-state index contributed by atoms with van der Waals surface area (Å²) in [4.78, 5) is 8.55. The van der Waals surface area contributed by atoms with Crippen molar-refractivity contribution in [3.05, 3.63) is 35.4 Å². The van der Waals surface area contributed by atoms with Gasteiger partial charge in [-0.1, -0.05) is 12.1 Å². The number of piperazine rings is 1. The molecule has 1 aliphatic heterocycles. The maximum absolute atomic E-state index is 12.7. The quantitative estimate of drug-likeness (QED) is 0.309. The predicted octanol–water partition coefficient (Wildman–Crippen LogP) is 2.34. The molecule has 0 bridgehead atoms. The molecule has 2 N–H and O–H groups in total. The van der Waals surface area contributed by atoms with Gasteiger partial charge in [0.2, 0.25) is 10.0 Å². The van der Waals surface area contributed by atoms with Gasteiger partial charge in [0.1, 0.15) is 0 Å². The van der Waals surface area contributed by atoms with Crippen LogP contribution in [0.4, 0.5) is 13.2 Å². The van der Waals surface area contributed by atoms with Gasteiger partial charge in [-0.3, -0.25) is 9.89 Å². The molecule has 0 atom stereocenters. The van der Waals surface area contributed by atoms with E-state index in [9.17, 15) is 21.6 Å². The third-order valence-electron chi connectivity index (χ3n) is 4.72. The van der Waals surface area contributed by atoms with Crippen molar-refractivity contribution < 1.29 is 21.6 Å². The number of sulfonamides is 1. The molecule has 0 amide bonds. The van der Waals surface area contributed by atoms with Gasteiger partial charge in [-0.25, -0.2) is 13.1 Å². The Bertz CT molecular complexity index is 837. The normalized spacial score (nSPS) is 16.7. The minimum atomic E-state index is -4.32. The molecular formula is C19H31F3IN5O2S. The molecule has 1 fully saturated rings. The lowest BCUT2D eigenvalue weighted by Crippen LogP contribution is -2.56. The SMILES string of the molecule is CN=C(NCC(C)(C)NS(C)(=O)=O)N1CCN(Cc2ccc(C(F)(F)F)cc2)CC1.I. The molecule has 0 aliphatic carbocycles. The summed E-state index contributed by atoms with van der Waals surface area (Å²) in [5, 5.41) is 3.21. The summed E-state index contributed by atoms with van der Waals surface area (Å²) in [6.45, 7) is 7.44. The molecule has 1 heterocycles. The maximum Gasteiger partial charge on any atom is 0.416 e. The summed E-state index contributed by atoms with van der Waals surface area (Å²) in [6, 6.07) is 5.27. The zero-order chi connectivity index (χ0) is 22.6. The molecule has 7 nitrogen and oxygen atoms in total. The van der Waals surface area contributed by atoms with E-state index in [4.69, 9.17) is 0 Å². The van der Waals surface area contributed by atoms with Crippen LogP contribution in [0, 0.1) is 0 Å². The lowest BCUT2D eigenvalue weighted by atomic mass is 10.1. The largest absolute Gasteiger partial charge is 0.416 e. The molecule has 0 saturated carbocycles. The third kappa shape index (κ3) is 9.49. The molecule has 1 aromatic rings. The van der Waals surface area contributed by atoms with E-state index >= 15 is 0 Å². The Balaban J connectivity index is 0.00000480. The Morgan fingerprint density at radius 3 is 2.10 bits per heavy atom. The zero-order valence-electron chi connectivity index (χ0n) is 18.2. The number of aliphatic imine (C=N–C) groups is 1. The topological polar surface area (TPSA) is 77.0 Å². The van der Waals surface area contributed by atoms with Crippen LogP contribution in [-0.4, -0.2) is 75.7 Å². The average Bonchev–Trinajstić information content (AvgIpc) is 2.61. The molecule has 1 aliphatic rings. The first-order valence-electron chi connectivity index (χ1n) is 9.62. The summed E-state index contributed by atoms with van der Waals surface area (Å²) in [5.74, 6) is 0.688. The molecule has 12 heteroatoms. The number of nitrogens with zero attached hydrogens (tertiary/aromatic N) is 3. The fourth-order valence-corrected chi connectivity index (χ4v) is 4.42. The maximum atomic E-state index is 12.7. The second-order valence-electron chi connectivity index (χ2n) is 8.12. The number of hydrogen-bond donors (Lipinski definition) is 2. The van der Waals surface area contributed by atoms with Gasteiger partial charge in [-0.05, 0) is 31.5 Å². The Labute approximate surface area is 199 Å². The highest BCUT2D eigenvalue weighted by Crippen LogP contribution is 2.29. The Morgan fingerprint density at radius 1 is 1.10 bits per heavy atom. The van der Waals surface area contributed by atoms with Crippen molar-refractivity contribution >= 4 is 40.0 Å². The summed E-state index contributed by atoms with van der Waals surface area (Å²) < 4.78 is 63.6. The monoisotopic (exact) mass is 577 g/mol. The third-order valence-corrected chi connectivity index (χ3v) is 5.64. The summed E-state index contributed by atoms with van der Waals surface area (Å²) in [7, 11) is -1.65. The van der Waals surface area contributed by atoms with E-state index in [0.717, 1.165) is 37.0 Å². The van der Waals surface area contributed by atoms with E-state index in [1.54, 1.807) is 20.9 Å². The van der Waals surface area contributed by atoms with Crippen molar-refractivity contribution in [2.24, 2.45) is 4.99 Å². The lowest BCUT2D eigenvalue weighted by molar-refractivity contribution is -0.137. The van der Waals surface area contributed by atoms with Crippen LogP contribution < -0.4 is 10.0 Å². The standard InChI is InChI=1S/C19H30F3N5O2S.HI/c1-18(2,25-30(4,28)29)14-24-17(23-3)27-11-9-26(10-12-27)13-15-5-7-16(8-6-15)19(20,21)22;/h5-8,25H,9-14H2,1-4H3,(H,23,24);1H. The van der Waals surface area contributed by atoms with Crippen molar-refractivity contribution in [1.29, 1.82) is 0 Å². The Hall–Kier alpha value is -1.12. The fourth-order valence-electron chi connectivity index (χ4n) is 3.35. The van der Waals surface area contributed by atoms with Gasteiger partial charge in [0.15, 0.2) is 5.96 Å². The second kappa shape index (κ2) is 11.1. The van der Waals surface area contributed by atoms with Crippen molar-refractivity contribution in [2.75, 3.05) is 46.0 Å². The number of nitrogens with one attached hydrogen (secondary N) is 2. The number of rotatable bonds is 6. The van der Waals surface area contributed by atoms with E-state index in [1.807, 2.05) is 0 Å². The number of alkyl halides is 3. The van der Waals surface area contributed by atoms with E-state index in [1.165, 1.54) is 12.1 Å². The van der Waals surface area contributed by atoms with Crippen molar-refractivity contribution in [1.82, 2.24) is 19.8 Å². The number of halogens is 4. The molecule has 0 unspecified atom stereocenters. The van der Waals surface area contributed by atoms with Crippen LogP contribution in [-0.2, 0) is 22.7 Å². The second-order valence-corrected chi connectivity index (χ2v) is 9.87. The summed E-state index contributed by atoms with van der Waals surface area (Å²) >= 11 is 0. The smallest absolute Gasteiger partial charge is 0.354 e. The predicted molar refractivity (Wildman–Crippen MR) is 127 cm³/mol. The van der Waals surface area contributed by atoms with Crippen LogP contribution in [0.1, 0.15) is 25.0 Å². The van der Waals surface area contributed by atoms with Gasteiger partial charge < -0.3 is 10.2 Å². The Morgan fingerprint density at radius 2 is 1.65 bits per heavy atom. The van der Waals surface area contributed by atoms with Crippen molar-refractivity contribution in [3.63, 3.8) is 0 Å². The minimum Gasteiger partial charge on any atom is -0.354 e. The van der Waals surface area contributed by atoms with Gasteiger partial charge in [-0.2, -0.15) is 13.2 Å². The van der Waals surface area contributed by atoms with Gasteiger partial charge >= 0.3 is 6.18 Å². The zero-order valence-corrected chi connectivity index (χ0v) is 21.3. The van der Waals surface area contributed by atoms with E-state index in [2.05, 4.69) is 24.8 Å². The molecule has 31 heavy (non-hydrogen) atoms. The molecular weight excluding hydrogens is 546 g/mol. The van der Waals surface area contributed by atoms with Crippen molar-refractivity contribution in [2.45, 2.75) is 32.1 Å². The molecule has 178 valence electrons. The van der Waals surface area contributed by atoms with Crippen LogP contribution in [0.5, 0.6) is 0 Å². The number of hydrogen-bond acceptors (Lipinski definition) is 4. The first-order chi connectivity index (χ1) is 13.8. The first kappa shape index (κ1) is 27.9. The van der Waals surface area contributed by atoms with Gasteiger partial charge in [0, 0.05) is 51.9 Å². The molecule has 0 aromatic heterocycles. The van der Waals surface area contributed by atoms with Crippen LogP contribution in [0.15, 0.2) is 29.3 Å². The van der Waals surface area contributed by atoms with Gasteiger partial charge in [0.05, 0.1) is 11.8 Å². The first-order valence-corrected chi connectivity index (χ1v) is 11.5. The van der Waals surface area contributed by atoms with Crippen LogP contribution in [0.3, 0.4) is 0 Å². The van der Waals surface area contributed by atoms with Crippen molar-refractivity contribution in [3.8, 4) is 0 Å².